The maximum atomic E-state index is 12.4. The van der Waals surface area contributed by atoms with Crippen LogP contribution in [0.2, 0.25) is 0 Å². The normalized spacial score (nSPS) is 26.2. The molecule has 1 atom stereocenters. The van der Waals surface area contributed by atoms with E-state index in [0.717, 1.165) is 45.3 Å². The SMILES string of the molecule is CN1CCCCCC1C(=O)NC1CCN(CC(=O)O)CC1. The molecule has 0 aromatic rings. The maximum Gasteiger partial charge on any atom is 0.317 e. The minimum atomic E-state index is -0.780. The van der Waals surface area contributed by atoms with E-state index in [1.165, 1.54) is 12.8 Å². The van der Waals surface area contributed by atoms with Gasteiger partial charge in [-0.2, -0.15) is 0 Å². The second-order valence-electron chi connectivity index (χ2n) is 6.30. The first-order valence-electron chi connectivity index (χ1n) is 8.01. The largest absolute Gasteiger partial charge is 0.480 e. The summed E-state index contributed by atoms with van der Waals surface area (Å²) in [5.41, 5.74) is 0. The lowest BCUT2D eigenvalue weighted by Crippen LogP contribution is -2.51. The van der Waals surface area contributed by atoms with Crippen LogP contribution in [-0.2, 0) is 9.59 Å². The van der Waals surface area contributed by atoms with Crippen molar-refractivity contribution in [2.45, 2.75) is 50.6 Å². The highest BCUT2D eigenvalue weighted by Crippen LogP contribution is 2.16. The molecule has 2 heterocycles. The second-order valence-corrected chi connectivity index (χ2v) is 6.30. The van der Waals surface area contributed by atoms with Crippen LogP contribution in [0.15, 0.2) is 0 Å². The van der Waals surface area contributed by atoms with Gasteiger partial charge in [0.15, 0.2) is 0 Å². The van der Waals surface area contributed by atoms with Crippen LogP contribution in [0, 0.1) is 0 Å². The van der Waals surface area contributed by atoms with Crippen LogP contribution in [0.4, 0.5) is 0 Å². The van der Waals surface area contributed by atoms with Crippen molar-refractivity contribution in [2.75, 3.05) is 33.2 Å². The number of hydrogen-bond acceptors (Lipinski definition) is 4. The number of carbonyl (C=O) groups excluding carboxylic acids is 1. The van der Waals surface area contributed by atoms with E-state index in [4.69, 9.17) is 5.11 Å². The molecule has 0 radical (unpaired) electrons. The van der Waals surface area contributed by atoms with Crippen LogP contribution in [0.5, 0.6) is 0 Å². The number of amides is 1. The molecule has 1 amide bonds. The molecular formula is C15H27N3O3. The number of nitrogens with zero attached hydrogens (tertiary/aromatic N) is 2. The van der Waals surface area contributed by atoms with Gasteiger partial charge < -0.3 is 10.4 Å². The van der Waals surface area contributed by atoms with E-state index in [1.807, 2.05) is 11.9 Å². The van der Waals surface area contributed by atoms with Crippen LogP contribution in [0.1, 0.15) is 38.5 Å². The Morgan fingerprint density at radius 3 is 2.48 bits per heavy atom. The summed E-state index contributed by atoms with van der Waals surface area (Å²) in [6.45, 7) is 2.59. The van der Waals surface area contributed by atoms with Crippen molar-refractivity contribution in [3.8, 4) is 0 Å². The molecule has 0 spiro atoms. The predicted molar refractivity (Wildman–Crippen MR) is 80.1 cm³/mol. The van der Waals surface area contributed by atoms with Crippen molar-refractivity contribution in [1.82, 2.24) is 15.1 Å². The van der Waals surface area contributed by atoms with Gasteiger partial charge in [0.05, 0.1) is 12.6 Å². The number of hydrogen-bond donors (Lipinski definition) is 2. The highest BCUT2D eigenvalue weighted by Gasteiger charge is 2.28. The number of rotatable bonds is 4. The maximum absolute atomic E-state index is 12.4. The zero-order chi connectivity index (χ0) is 15.2. The Balaban J connectivity index is 1.77. The lowest BCUT2D eigenvalue weighted by atomic mass is 10.0. The summed E-state index contributed by atoms with van der Waals surface area (Å²) in [5, 5.41) is 12.0. The summed E-state index contributed by atoms with van der Waals surface area (Å²) in [6, 6.07) is 0.198. The molecule has 0 aromatic heterocycles. The predicted octanol–water partition coefficient (Wildman–Crippen LogP) is 0.526. The summed E-state index contributed by atoms with van der Waals surface area (Å²) in [5.74, 6) is -0.631. The number of likely N-dealkylation sites (N-methyl/N-ethyl adjacent to an activating group) is 1. The third-order valence-electron chi connectivity index (χ3n) is 4.62. The van der Waals surface area contributed by atoms with E-state index in [9.17, 15) is 9.59 Å². The molecule has 2 aliphatic rings. The lowest BCUT2D eigenvalue weighted by Gasteiger charge is -2.33. The van der Waals surface area contributed by atoms with E-state index in [0.29, 0.717) is 0 Å². The lowest BCUT2D eigenvalue weighted by molar-refractivity contribution is -0.138. The van der Waals surface area contributed by atoms with Gasteiger partial charge in [0, 0.05) is 19.1 Å². The molecule has 0 aromatic carbocycles. The quantitative estimate of drug-likeness (QED) is 0.792. The molecule has 2 saturated heterocycles. The molecule has 0 aliphatic carbocycles. The van der Waals surface area contributed by atoms with Crippen molar-refractivity contribution in [3.05, 3.63) is 0 Å². The number of carboxylic acid groups (broad SMARTS) is 1. The van der Waals surface area contributed by atoms with Crippen molar-refractivity contribution in [2.24, 2.45) is 0 Å². The smallest absolute Gasteiger partial charge is 0.317 e. The van der Waals surface area contributed by atoms with Gasteiger partial charge in [-0.3, -0.25) is 19.4 Å². The molecule has 6 heteroatoms. The zero-order valence-electron chi connectivity index (χ0n) is 12.9. The van der Waals surface area contributed by atoms with Crippen LogP contribution in [0.3, 0.4) is 0 Å². The Morgan fingerprint density at radius 2 is 1.81 bits per heavy atom. The Labute approximate surface area is 126 Å². The fourth-order valence-corrected chi connectivity index (χ4v) is 3.31. The third kappa shape index (κ3) is 4.97. The summed E-state index contributed by atoms with van der Waals surface area (Å²) in [6.07, 6.45) is 6.14. The van der Waals surface area contributed by atoms with E-state index in [2.05, 4.69) is 10.2 Å². The van der Waals surface area contributed by atoms with Crippen LogP contribution < -0.4 is 5.32 Å². The Morgan fingerprint density at radius 1 is 1.10 bits per heavy atom. The molecule has 120 valence electrons. The molecule has 2 rings (SSSR count). The van der Waals surface area contributed by atoms with Gasteiger partial charge >= 0.3 is 5.97 Å². The number of carboxylic acids is 1. The number of nitrogens with one attached hydrogen (secondary N) is 1. The Kier molecular flexibility index (Phi) is 5.99. The molecule has 21 heavy (non-hydrogen) atoms. The van der Waals surface area contributed by atoms with E-state index in [1.54, 1.807) is 0 Å². The molecule has 0 bridgehead atoms. The Hall–Kier alpha value is -1.14. The highest BCUT2D eigenvalue weighted by atomic mass is 16.4. The summed E-state index contributed by atoms with van der Waals surface area (Å²) < 4.78 is 0. The topological polar surface area (TPSA) is 72.9 Å². The number of carbonyl (C=O) groups is 2. The second kappa shape index (κ2) is 7.75. The molecule has 0 saturated carbocycles. The van der Waals surface area contributed by atoms with Gasteiger partial charge in [-0.05, 0) is 39.3 Å². The van der Waals surface area contributed by atoms with Crippen molar-refractivity contribution in [3.63, 3.8) is 0 Å². The number of piperidine rings is 1. The van der Waals surface area contributed by atoms with Gasteiger partial charge in [0.25, 0.3) is 0 Å². The van der Waals surface area contributed by atoms with Gasteiger partial charge in [-0.1, -0.05) is 12.8 Å². The number of likely N-dealkylation sites (tertiary alicyclic amines) is 2. The Bertz CT molecular complexity index is 367. The summed E-state index contributed by atoms with van der Waals surface area (Å²) >= 11 is 0. The van der Waals surface area contributed by atoms with Crippen LogP contribution in [-0.4, -0.2) is 72.1 Å². The zero-order valence-corrected chi connectivity index (χ0v) is 12.9. The standard InChI is InChI=1S/C15H27N3O3/c1-17-8-4-2-3-5-13(17)15(21)16-12-6-9-18(10-7-12)11-14(19)20/h12-13H,2-11H2,1H3,(H,16,21)(H,19,20). The van der Waals surface area contributed by atoms with Gasteiger partial charge in [-0.15, -0.1) is 0 Å². The monoisotopic (exact) mass is 297 g/mol. The minimum Gasteiger partial charge on any atom is -0.480 e. The molecule has 1 unspecified atom stereocenters. The average molecular weight is 297 g/mol. The molecule has 2 N–H and O–H groups in total. The van der Waals surface area contributed by atoms with Crippen molar-refractivity contribution >= 4 is 11.9 Å². The van der Waals surface area contributed by atoms with E-state index >= 15 is 0 Å². The molecule has 2 fully saturated rings. The van der Waals surface area contributed by atoms with Gasteiger partial charge in [0.2, 0.25) is 5.91 Å². The average Bonchev–Trinajstić information content (AvgIpc) is 2.65. The third-order valence-corrected chi connectivity index (χ3v) is 4.62. The van der Waals surface area contributed by atoms with Crippen molar-refractivity contribution < 1.29 is 14.7 Å². The van der Waals surface area contributed by atoms with E-state index < -0.39 is 5.97 Å². The molecule has 2 aliphatic heterocycles. The van der Waals surface area contributed by atoms with Gasteiger partial charge in [0.1, 0.15) is 0 Å². The first kappa shape index (κ1) is 16.2. The minimum absolute atomic E-state index is 0.00421. The van der Waals surface area contributed by atoms with Crippen LogP contribution in [0.25, 0.3) is 0 Å². The summed E-state index contributed by atoms with van der Waals surface area (Å²) in [4.78, 5) is 27.2. The fraction of sp³-hybridized carbons (Fsp3) is 0.867. The fourth-order valence-electron chi connectivity index (χ4n) is 3.31. The van der Waals surface area contributed by atoms with Gasteiger partial charge in [-0.25, -0.2) is 0 Å². The molecular weight excluding hydrogens is 270 g/mol. The van der Waals surface area contributed by atoms with Crippen molar-refractivity contribution in [1.29, 1.82) is 0 Å². The molecule has 6 nitrogen and oxygen atoms in total. The first-order valence-corrected chi connectivity index (χ1v) is 8.01. The van der Waals surface area contributed by atoms with E-state index in [-0.39, 0.29) is 24.5 Å². The first-order chi connectivity index (χ1) is 10.1. The van der Waals surface area contributed by atoms with Crippen LogP contribution >= 0.6 is 0 Å². The highest BCUT2D eigenvalue weighted by molar-refractivity contribution is 5.82. The summed E-state index contributed by atoms with van der Waals surface area (Å²) in [7, 11) is 2.03. The number of aliphatic carboxylic acids is 1.